The van der Waals surface area contributed by atoms with Crippen molar-refractivity contribution in [1.82, 2.24) is 0 Å². The molecular weight excluding hydrogens is 276 g/mol. The molecule has 2 aromatic rings. The van der Waals surface area contributed by atoms with Gasteiger partial charge in [0.25, 0.3) is 0 Å². The van der Waals surface area contributed by atoms with Gasteiger partial charge in [-0.05, 0) is 43.3 Å². The van der Waals surface area contributed by atoms with Gasteiger partial charge in [0.15, 0.2) is 0 Å². The van der Waals surface area contributed by atoms with E-state index in [1.165, 1.54) is 0 Å². The van der Waals surface area contributed by atoms with Crippen molar-refractivity contribution in [1.29, 1.82) is 0 Å². The van der Waals surface area contributed by atoms with Crippen LogP contribution in [-0.4, -0.2) is 16.7 Å². The monoisotopic (exact) mass is 294 g/mol. The molecule has 0 bridgehead atoms. The molecule has 1 aliphatic heterocycles. The lowest BCUT2D eigenvalue weighted by Crippen LogP contribution is -1.97. The Morgan fingerprint density at radius 3 is 2.33 bits per heavy atom. The van der Waals surface area contributed by atoms with E-state index in [2.05, 4.69) is 53.7 Å². The molecular formula is C18H18N2S. The number of thioether (sulfide) groups is 1. The average Bonchev–Trinajstić information content (AvgIpc) is 2.93. The van der Waals surface area contributed by atoms with Crippen LogP contribution in [0.5, 0.6) is 0 Å². The van der Waals surface area contributed by atoms with Crippen LogP contribution >= 0.6 is 11.8 Å². The van der Waals surface area contributed by atoms with E-state index in [1.807, 2.05) is 48.3 Å². The molecule has 0 spiro atoms. The Kier molecular flexibility index (Phi) is 4.41. The quantitative estimate of drug-likeness (QED) is 0.619. The van der Waals surface area contributed by atoms with Crippen molar-refractivity contribution in [2.75, 3.05) is 5.32 Å². The summed E-state index contributed by atoms with van der Waals surface area (Å²) in [5, 5.41) is 4.37. The molecule has 21 heavy (non-hydrogen) atoms. The molecule has 0 saturated carbocycles. The summed E-state index contributed by atoms with van der Waals surface area (Å²) in [7, 11) is 0. The number of anilines is 2. The van der Waals surface area contributed by atoms with E-state index in [1.54, 1.807) is 0 Å². The third kappa shape index (κ3) is 3.99. The van der Waals surface area contributed by atoms with Gasteiger partial charge in [-0.25, -0.2) is 0 Å². The van der Waals surface area contributed by atoms with Crippen molar-refractivity contribution in [3.05, 3.63) is 66.7 Å². The Balaban J connectivity index is 1.62. The molecule has 0 fully saturated rings. The van der Waals surface area contributed by atoms with E-state index in [-0.39, 0.29) is 0 Å². The van der Waals surface area contributed by atoms with Crippen LogP contribution in [-0.2, 0) is 0 Å². The van der Waals surface area contributed by atoms with Gasteiger partial charge < -0.3 is 5.32 Å². The SMILES string of the molecule is CC1C=CC(C=Nc2ccc(Nc3ccccc3)cc2)S1. The van der Waals surface area contributed by atoms with Gasteiger partial charge in [0, 0.05) is 22.8 Å². The van der Waals surface area contributed by atoms with Crippen LogP contribution in [0.2, 0.25) is 0 Å². The minimum atomic E-state index is 0.405. The highest BCUT2D eigenvalue weighted by molar-refractivity contribution is 8.01. The minimum absolute atomic E-state index is 0.405. The van der Waals surface area contributed by atoms with Crippen LogP contribution in [0.15, 0.2) is 71.7 Å². The largest absolute Gasteiger partial charge is 0.356 e. The first-order valence-electron chi connectivity index (χ1n) is 7.10. The summed E-state index contributed by atoms with van der Waals surface area (Å²) in [5.41, 5.74) is 3.15. The van der Waals surface area contributed by atoms with Crippen LogP contribution in [0.1, 0.15) is 6.92 Å². The predicted octanol–water partition coefficient (Wildman–Crippen LogP) is 5.19. The zero-order valence-corrected chi connectivity index (χ0v) is 12.8. The van der Waals surface area contributed by atoms with Crippen LogP contribution in [0.25, 0.3) is 0 Å². The zero-order valence-electron chi connectivity index (χ0n) is 11.9. The second-order valence-corrected chi connectivity index (χ2v) is 6.57. The standard InChI is InChI=1S/C18H18N2S/c1-14-7-12-18(21-14)13-19-15-8-10-17(11-9-15)20-16-5-3-2-4-6-16/h2-14,18,20H,1H3. The molecule has 1 heterocycles. The Labute approximate surface area is 130 Å². The third-order valence-corrected chi connectivity index (χ3v) is 4.42. The maximum Gasteiger partial charge on any atom is 0.0627 e. The van der Waals surface area contributed by atoms with Crippen molar-refractivity contribution in [2.45, 2.75) is 17.4 Å². The van der Waals surface area contributed by atoms with Crippen molar-refractivity contribution >= 4 is 35.0 Å². The summed E-state index contributed by atoms with van der Waals surface area (Å²) in [5.74, 6) is 0. The molecule has 1 aliphatic rings. The third-order valence-electron chi connectivity index (χ3n) is 3.24. The molecule has 0 aromatic heterocycles. The van der Waals surface area contributed by atoms with Crippen LogP contribution in [0.3, 0.4) is 0 Å². The van der Waals surface area contributed by atoms with E-state index >= 15 is 0 Å². The number of benzene rings is 2. The fourth-order valence-electron chi connectivity index (χ4n) is 2.17. The molecule has 0 amide bonds. The molecule has 106 valence electrons. The molecule has 1 N–H and O–H groups in total. The molecule has 3 rings (SSSR count). The highest BCUT2D eigenvalue weighted by Gasteiger charge is 2.12. The highest BCUT2D eigenvalue weighted by atomic mass is 32.2. The lowest BCUT2D eigenvalue weighted by molar-refractivity contribution is 1.27. The van der Waals surface area contributed by atoms with Gasteiger partial charge in [-0.3, -0.25) is 4.99 Å². The smallest absolute Gasteiger partial charge is 0.0627 e. The van der Waals surface area contributed by atoms with Gasteiger partial charge in [-0.15, -0.1) is 11.8 Å². The van der Waals surface area contributed by atoms with Crippen LogP contribution < -0.4 is 5.32 Å². The van der Waals surface area contributed by atoms with Gasteiger partial charge in [-0.1, -0.05) is 30.4 Å². The van der Waals surface area contributed by atoms with Crippen molar-refractivity contribution in [3.8, 4) is 0 Å². The first-order chi connectivity index (χ1) is 10.3. The number of hydrogen-bond donors (Lipinski definition) is 1. The lowest BCUT2D eigenvalue weighted by atomic mass is 10.2. The second-order valence-electron chi connectivity index (χ2n) is 5.01. The topological polar surface area (TPSA) is 24.4 Å². The molecule has 2 aromatic carbocycles. The summed E-state index contributed by atoms with van der Waals surface area (Å²) >= 11 is 1.92. The minimum Gasteiger partial charge on any atom is -0.356 e. The second kappa shape index (κ2) is 6.64. The van der Waals surface area contributed by atoms with Crippen molar-refractivity contribution in [2.24, 2.45) is 4.99 Å². The summed E-state index contributed by atoms with van der Waals surface area (Å²) in [4.78, 5) is 4.55. The molecule has 2 atom stereocenters. The Morgan fingerprint density at radius 2 is 1.67 bits per heavy atom. The zero-order chi connectivity index (χ0) is 14.5. The Morgan fingerprint density at radius 1 is 0.952 bits per heavy atom. The number of aliphatic imine (C=N–C) groups is 1. The van der Waals surface area contributed by atoms with Gasteiger partial charge in [-0.2, -0.15) is 0 Å². The predicted molar refractivity (Wildman–Crippen MR) is 94.3 cm³/mol. The molecule has 2 nitrogen and oxygen atoms in total. The molecule has 0 radical (unpaired) electrons. The van der Waals surface area contributed by atoms with Crippen molar-refractivity contribution in [3.63, 3.8) is 0 Å². The van der Waals surface area contributed by atoms with E-state index < -0.39 is 0 Å². The number of nitrogens with one attached hydrogen (secondary N) is 1. The summed E-state index contributed by atoms with van der Waals surface area (Å²) in [6.07, 6.45) is 6.46. The molecule has 0 saturated heterocycles. The number of para-hydroxylation sites is 1. The van der Waals surface area contributed by atoms with E-state index in [0.29, 0.717) is 10.5 Å². The van der Waals surface area contributed by atoms with E-state index in [4.69, 9.17) is 0 Å². The van der Waals surface area contributed by atoms with E-state index in [0.717, 1.165) is 17.1 Å². The fraction of sp³-hybridized carbons (Fsp3) is 0.167. The first kappa shape index (κ1) is 14.0. The molecule has 0 aliphatic carbocycles. The molecule has 2 unspecified atom stereocenters. The summed E-state index contributed by atoms with van der Waals surface area (Å²) in [6, 6.07) is 18.3. The fourth-order valence-corrected chi connectivity index (χ4v) is 3.16. The first-order valence-corrected chi connectivity index (χ1v) is 8.04. The Bertz CT molecular complexity index is 632. The van der Waals surface area contributed by atoms with Gasteiger partial charge in [0.05, 0.1) is 10.9 Å². The van der Waals surface area contributed by atoms with E-state index in [9.17, 15) is 0 Å². The lowest BCUT2D eigenvalue weighted by Gasteiger charge is -2.06. The van der Waals surface area contributed by atoms with Gasteiger partial charge in [0.2, 0.25) is 0 Å². The average molecular weight is 294 g/mol. The Hall–Kier alpha value is -2.00. The number of nitrogens with zero attached hydrogens (tertiary/aromatic N) is 1. The maximum atomic E-state index is 4.55. The summed E-state index contributed by atoms with van der Waals surface area (Å²) < 4.78 is 0. The van der Waals surface area contributed by atoms with Gasteiger partial charge in [0.1, 0.15) is 0 Å². The number of rotatable bonds is 4. The summed E-state index contributed by atoms with van der Waals surface area (Å²) in [6.45, 7) is 2.21. The highest BCUT2D eigenvalue weighted by Crippen LogP contribution is 2.26. The maximum absolute atomic E-state index is 4.55. The van der Waals surface area contributed by atoms with Crippen LogP contribution in [0, 0.1) is 0 Å². The normalized spacial score (nSPS) is 21.0. The van der Waals surface area contributed by atoms with Crippen molar-refractivity contribution < 1.29 is 0 Å². The number of hydrogen-bond acceptors (Lipinski definition) is 3. The van der Waals surface area contributed by atoms with Crippen LogP contribution in [0.4, 0.5) is 17.1 Å². The molecule has 3 heteroatoms. The van der Waals surface area contributed by atoms with Gasteiger partial charge >= 0.3 is 0 Å².